The molecule has 2 N–H and O–H groups in total. The predicted molar refractivity (Wildman–Crippen MR) is 122 cm³/mol. The van der Waals surface area contributed by atoms with E-state index in [1.165, 1.54) is 6.26 Å². The van der Waals surface area contributed by atoms with E-state index in [9.17, 15) is 8.42 Å². The highest BCUT2D eigenvalue weighted by Crippen LogP contribution is 2.10. The summed E-state index contributed by atoms with van der Waals surface area (Å²) in [7, 11) is -2.89. The van der Waals surface area contributed by atoms with Crippen molar-refractivity contribution in [2.24, 2.45) is 4.99 Å². The largest absolute Gasteiger partial charge is 0.357 e. The lowest BCUT2D eigenvalue weighted by Crippen LogP contribution is -2.49. The van der Waals surface area contributed by atoms with Gasteiger partial charge in [0, 0.05) is 44.7 Å². The number of sulfone groups is 1. The van der Waals surface area contributed by atoms with E-state index in [1.54, 1.807) is 6.20 Å². The minimum Gasteiger partial charge on any atom is -0.357 e. The summed E-state index contributed by atoms with van der Waals surface area (Å²) in [6.45, 7) is 7.90. The van der Waals surface area contributed by atoms with E-state index in [2.05, 4.69) is 32.4 Å². The number of aliphatic imine (C=N–C) groups is 1. The molecule has 9 heteroatoms. The summed E-state index contributed by atoms with van der Waals surface area (Å²) in [6, 6.07) is 4.33. The standard InChI is InChI=1S/C18H31N5O2S.HI/c1-4-19-18(21-14-17-15(2)6-5-9-20-17)22-16-7-10-23(11-8-16)12-13-26(3,24)25;/h5-6,9,16H,4,7-8,10-14H2,1-3H3,(H2,19,21,22);1H. The Kier molecular flexibility index (Phi) is 10.5. The molecule has 1 aromatic heterocycles. The second-order valence-electron chi connectivity index (χ2n) is 6.85. The van der Waals surface area contributed by atoms with E-state index >= 15 is 0 Å². The first kappa shape index (κ1) is 24.1. The normalized spacial score (nSPS) is 16.6. The van der Waals surface area contributed by atoms with Crippen LogP contribution in [0.25, 0.3) is 0 Å². The zero-order valence-electron chi connectivity index (χ0n) is 16.4. The second kappa shape index (κ2) is 11.8. The molecular formula is C18H32IN5O2S. The molecule has 0 saturated carbocycles. The minimum absolute atomic E-state index is 0. The van der Waals surface area contributed by atoms with E-state index in [-0.39, 0.29) is 29.7 Å². The maximum Gasteiger partial charge on any atom is 0.191 e. The summed E-state index contributed by atoms with van der Waals surface area (Å²) < 4.78 is 22.6. The van der Waals surface area contributed by atoms with Gasteiger partial charge in [0.15, 0.2) is 5.96 Å². The molecule has 0 unspecified atom stereocenters. The van der Waals surface area contributed by atoms with Crippen LogP contribution < -0.4 is 10.6 Å². The van der Waals surface area contributed by atoms with Gasteiger partial charge in [0.2, 0.25) is 0 Å². The maximum atomic E-state index is 11.3. The fourth-order valence-electron chi connectivity index (χ4n) is 2.95. The van der Waals surface area contributed by atoms with E-state index in [1.807, 2.05) is 19.1 Å². The fourth-order valence-corrected chi connectivity index (χ4v) is 3.54. The summed E-state index contributed by atoms with van der Waals surface area (Å²) in [5, 5.41) is 6.80. The number of aryl methyl sites for hydroxylation is 1. The zero-order chi connectivity index (χ0) is 19.0. The van der Waals surface area contributed by atoms with Gasteiger partial charge >= 0.3 is 0 Å². The van der Waals surface area contributed by atoms with Gasteiger partial charge in [-0.3, -0.25) is 4.98 Å². The van der Waals surface area contributed by atoms with Crippen LogP contribution in [-0.2, 0) is 16.4 Å². The second-order valence-corrected chi connectivity index (χ2v) is 9.11. The zero-order valence-corrected chi connectivity index (χ0v) is 19.6. The highest BCUT2D eigenvalue weighted by molar-refractivity contribution is 14.0. The number of hydrogen-bond acceptors (Lipinski definition) is 5. The Hall–Kier alpha value is -0.940. The molecule has 7 nitrogen and oxygen atoms in total. The van der Waals surface area contributed by atoms with Crippen molar-refractivity contribution >= 4 is 39.8 Å². The minimum atomic E-state index is -2.89. The third kappa shape index (κ3) is 9.20. The van der Waals surface area contributed by atoms with Crippen molar-refractivity contribution in [3.05, 3.63) is 29.6 Å². The summed E-state index contributed by atoms with van der Waals surface area (Å²) in [6.07, 6.45) is 5.06. The highest BCUT2D eigenvalue weighted by Gasteiger charge is 2.20. The predicted octanol–water partition coefficient (Wildman–Crippen LogP) is 1.57. The maximum absolute atomic E-state index is 11.3. The van der Waals surface area contributed by atoms with Crippen molar-refractivity contribution in [1.82, 2.24) is 20.5 Å². The first-order valence-electron chi connectivity index (χ1n) is 9.23. The number of nitrogens with one attached hydrogen (secondary N) is 2. The number of halogens is 1. The van der Waals surface area contributed by atoms with Crippen molar-refractivity contribution < 1.29 is 8.42 Å². The molecular weight excluding hydrogens is 477 g/mol. The van der Waals surface area contributed by atoms with Crippen molar-refractivity contribution in [2.75, 3.05) is 38.2 Å². The molecule has 1 aromatic rings. The lowest BCUT2D eigenvalue weighted by Gasteiger charge is -2.32. The Morgan fingerprint density at radius 3 is 2.67 bits per heavy atom. The summed E-state index contributed by atoms with van der Waals surface area (Å²) in [4.78, 5) is 11.3. The van der Waals surface area contributed by atoms with E-state index in [0.29, 0.717) is 19.1 Å². The molecule has 0 aliphatic carbocycles. The number of hydrogen-bond donors (Lipinski definition) is 2. The number of pyridine rings is 1. The number of piperidine rings is 1. The van der Waals surface area contributed by atoms with Crippen molar-refractivity contribution in [3.8, 4) is 0 Å². The molecule has 0 atom stereocenters. The Balaban J connectivity index is 0.00000364. The molecule has 1 aliphatic heterocycles. The summed E-state index contributed by atoms with van der Waals surface area (Å²) >= 11 is 0. The number of guanidine groups is 1. The third-order valence-electron chi connectivity index (χ3n) is 4.56. The molecule has 1 fully saturated rings. The number of likely N-dealkylation sites (tertiary alicyclic amines) is 1. The summed E-state index contributed by atoms with van der Waals surface area (Å²) in [5.74, 6) is 1.05. The smallest absolute Gasteiger partial charge is 0.191 e. The lowest BCUT2D eigenvalue weighted by molar-refractivity contribution is 0.216. The molecule has 154 valence electrons. The molecule has 2 rings (SSSR count). The Morgan fingerprint density at radius 1 is 1.37 bits per heavy atom. The van der Waals surface area contributed by atoms with Crippen molar-refractivity contribution in [3.63, 3.8) is 0 Å². The van der Waals surface area contributed by atoms with Gasteiger partial charge in [-0.2, -0.15) is 0 Å². The van der Waals surface area contributed by atoms with Gasteiger partial charge < -0.3 is 15.5 Å². The van der Waals surface area contributed by atoms with Crippen LogP contribution in [0.15, 0.2) is 23.3 Å². The van der Waals surface area contributed by atoms with Crippen molar-refractivity contribution in [1.29, 1.82) is 0 Å². The molecule has 0 spiro atoms. The van der Waals surface area contributed by atoms with E-state index < -0.39 is 9.84 Å². The fraction of sp³-hybridized carbons (Fsp3) is 0.667. The topological polar surface area (TPSA) is 86.7 Å². The van der Waals surface area contributed by atoms with Crippen molar-refractivity contribution in [2.45, 2.75) is 39.3 Å². The van der Waals surface area contributed by atoms with Crippen LogP contribution in [0.4, 0.5) is 0 Å². The van der Waals surface area contributed by atoms with Crippen LogP contribution >= 0.6 is 24.0 Å². The van der Waals surface area contributed by atoms with Gasteiger partial charge in [-0.25, -0.2) is 13.4 Å². The van der Waals surface area contributed by atoms with Gasteiger partial charge in [-0.05, 0) is 38.3 Å². The van der Waals surface area contributed by atoms with Crippen LogP contribution in [0.3, 0.4) is 0 Å². The lowest BCUT2D eigenvalue weighted by atomic mass is 10.1. The SMILES string of the molecule is CCNC(=NCc1ncccc1C)NC1CCN(CCS(C)(=O)=O)CC1.I. The molecule has 0 radical (unpaired) electrons. The number of nitrogens with zero attached hydrogens (tertiary/aromatic N) is 3. The van der Waals surface area contributed by atoms with E-state index in [0.717, 1.165) is 49.7 Å². The average Bonchev–Trinajstić information content (AvgIpc) is 2.60. The molecule has 0 bridgehead atoms. The molecule has 27 heavy (non-hydrogen) atoms. The molecule has 2 heterocycles. The van der Waals surface area contributed by atoms with Crippen LogP contribution in [-0.4, -0.2) is 68.5 Å². The van der Waals surface area contributed by atoms with Gasteiger partial charge in [0.1, 0.15) is 9.84 Å². The van der Waals surface area contributed by atoms with Gasteiger partial charge in [-0.15, -0.1) is 24.0 Å². The third-order valence-corrected chi connectivity index (χ3v) is 5.48. The Bertz CT molecular complexity index is 703. The van der Waals surface area contributed by atoms with Crippen LogP contribution in [0, 0.1) is 6.92 Å². The highest BCUT2D eigenvalue weighted by atomic mass is 127. The Morgan fingerprint density at radius 2 is 2.07 bits per heavy atom. The molecule has 1 aliphatic rings. The number of aromatic nitrogens is 1. The quantitative estimate of drug-likeness (QED) is 0.330. The van der Waals surface area contributed by atoms with Crippen LogP contribution in [0.2, 0.25) is 0 Å². The van der Waals surface area contributed by atoms with Crippen LogP contribution in [0.1, 0.15) is 31.0 Å². The molecule has 0 aromatic carbocycles. The monoisotopic (exact) mass is 509 g/mol. The first-order chi connectivity index (χ1) is 12.4. The number of rotatable bonds is 7. The van der Waals surface area contributed by atoms with Gasteiger partial charge in [0.25, 0.3) is 0 Å². The first-order valence-corrected chi connectivity index (χ1v) is 11.3. The van der Waals surface area contributed by atoms with Gasteiger partial charge in [0.05, 0.1) is 18.0 Å². The average molecular weight is 509 g/mol. The molecule has 1 saturated heterocycles. The Labute approximate surface area is 180 Å². The molecule has 0 amide bonds. The summed E-state index contributed by atoms with van der Waals surface area (Å²) in [5.41, 5.74) is 2.13. The van der Waals surface area contributed by atoms with Gasteiger partial charge in [-0.1, -0.05) is 6.07 Å². The van der Waals surface area contributed by atoms with Crippen LogP contribution in [0.5, 0.6) is 0 Å². The van der Waals surface area contributed by atoms with E-state index in [4.69, 9.17) is 0 Å².